The van der Waals surface area contributed by atoms with Crippen molar-refractivity contribution in [1.29, 1.82) is 0 Å². The summed E-state index contributed by atoms with van der Waals surface area (Å²) in [4.78, 5) is 44.1. The van der Waals surface area contributed by atoms with Gasteiger partial charge >= 0.3 is 5.69 Å². The first-order valence-electron chi connectivity index (χ1n) is 14.4. The highest BCUT2D eigenvalue weighted by atomic mass is 19.1. The number of aromatic nitrogens is 4. The standard InChI is InChI=1S/C32H33F2N7O2/c1-6-25(42)39-15-19(5)40(16-18(39)4)30-21-14-23(34)28-26-22(33)8-7-9-24(26)35-12-10-20-11-13-36-27(17(2)3)29(20)41(31(21)37-28)32(43)38-30/h6-9,11,13-14,17-19,35H,1,10,12,15-16H2,2-5H3/t18-,19+/m1/s1. The zero-order valence-electron chi connectivity index (χ0n) is 24.6. The van der Waals surface area contributed by atoms with Gasteiger partial charge in [-0.05, 0) is 62.1 Å². The number of pyridine rings is 2. The number of rotatable bonds is 3. The fourth-order valence-corrected chi connectivity index (χ4v) is 6.19. The van der Waals surface area contributed by atoms with Gasteiger partial charge < -0.3 is 15.1 Å². The average Bonchev–Trinajstić information content (AvgIpc) is 3.00. The highest BCUT2D eigenvalue weighted by molar-refractivity contribution is 5.92. The van der Waals surface area contributed by atoms with E-state index in [1.54, 1.807) is 23.2 Å². The van der Waals surface area contributed by atoms with Gasteiger partial charge in [-0.3, -0.25) is 9.78 Å². The predicted molar refractivity (Wildman–Crippen MR) is 163 cm³/mol. The van der Waals surface area contributed by atoms with Crippen LogP contribution in [-0.4, -0.2) is 62.0 Å². The lowest BCUT2D eigenvalue weighted by atomic mass is 10.0. The smallest absolute Gasteiger partial charge is 0.355 e. The largest absolute Gasteiger partial charge is 0.384 e. The number of benzene rings is 1. The second kappa shape index (κ2) is 10.9. The maximum Gasteiger partial charge on any atom is 0.355 e. The second-order valence-corrected chi connectivity index (χ2v) is 11.5. The van der Waals surface area contributed by atoms with Crippen LogP contribution in [0.3, 0.4) is 0 Å². The molecule has 43 heavy (non-hydrogen) atoms. The minimum absolute atomic E-state index is 0.00836. The molecule has 2 aliphatic heterocycles. The molecule has 222 valence electrons. The van der Waals surface area contributed by atoms with Crippen LogP contribution < -0.4 is 15.9 Å². The monoisotopic (exact) mass is 585 g/mol. The molecular weight excluding hydrogens is 552 g/mol. The highest BCUT2D eigenvalue weighted by Gasteiger charge is 2.34. The molecule has 1 N–H and O–H groups in total. The second-order valence-electron chi connectivity index (χ2n) is 11.5. The fraction of sp³-hybridized carbons (Fsp3) is 0.344. The summed E-state index contributed by atoms with van der Waals surface area (Å²) in [6, 6.07) is 7.17. The maximum atomic E-state index is 16.1. The van der Waals surface area contributed by atoms with E-state index >= 15 is 8.78 Å². The van der Waals surface area contributed by atoms with Crippen LogP contribution in [0.1, 0.15) is 44.9 Å². The van der Waals surface area contributed by atoms with Crippen molar-refractivity contribution in [2.75, 3.05) is 29.9 Å². The Balaban J connectivity index is 1.69. The Kier molecular flexibility index (Phi) is 7.19. The number of piperazine rings is 1. The molecular formula is C32H33F2N7O2. The van der Waals surface area contributed by atoms with E-state index in [9.17, 15) is 9.59 Å². The number of carbonyl (C=O) groups is 1. The number of carbonyl (C=O) groups excluding carboxylic acids is 1. The van der Waals surface area contributed by atoms with E-state index in [4.69, 9.17) is 4.98 Å². The number of halogens is 2. The van der Waals surface area contributed by atoms with Crippen LogP contribution in [0.25, 0.3) is 28.0 Å². The SMILES string of the molecule is C=CC(=O)N1C[C@H](C)N(c2nc(=O)n3c4nc(c(F)cc24)-c2c(F)cccc2NCCc2ccnc(C(C)C)c2-3)C[C@H]1C. The molecule has 11 heteroatoms. The molecule has 4 aromatic rings. The Morgan fingerprint density at radius 1 is 1.12 bits per heavy atom. The molecule has 6 rings (SSSR count). The maximum absolute atomic E-state index is 16.1. The van der Waals surface area contributed by atoms with E-state index in [0.29, 0.717) is 48.5 Å². The number of fused-ring (bicyclic) bond motifs is 5. The zero-order chi connectivity index (χ0) is 30.6. The van der Waals surface area contributed by atoms with E-state index in [1.165, 1.54) is 22.8 Å². The minimum Gasteiger partial charge on any atom is -0.384 e. The van der Waals surface area contributed by atoms with Crippen molar-refractivity contribution in [1.82, 2.24) is 24.4 Å². The number of nitrogens with one attached hydrogen (secondary N) is 1. The summed E-state index contributed by atoms with van der Waals surface area (Å²) in [5.41, 5.74) is 1.79. The van der Waals surface area contributed by atoms with E-state index in [-0.39, 0.29) is 46.6 Å². The summed E-state index contributed by atoms with van der Waals surface area (Å²) in [7, 11) is 0. The molecule has 0 saturated carbocycles. The Morgan fingerprint density at radius 3 is 2.65 bits per heavy atom. The molecule has 2 atom stereocenters. The van der Waals surface area contributed by atoms with Gasteiger partial charge in [0, 0.05) is 43.6 Å². The molecule has 0 aliphatic carbocycles. The van der Waals surface area contributed by atoms with Crippen LogP contribution in [-0.2, 0) is 11.2 Å². The molecule has 1 saturated heterocycles. The Morgan fingerprint density at radius 2 is 1.91 bits per heavy atom. The fourth-order valence-electron chi connectivity index (χ4n) is 6.19. The average molecular weight is 586 g/mol. The summed E-state index contributed by atoms with van der Waals surface area (Å²) in [6.07, 6.45) is 3.47. The van der Waals surface area contributed by atoms with Crippen LogP contribution in [0.15, 0.2) is 54.0 Å². The summed E-state index contributed by atoms with van der Waals surface area (Å²) in [5.74, 6) is -1.36. The first kappa shape index (κ1) is 28.4. The van der Waals surface area contributed by atoms with Crippen LogP contribution in [0.5, 0.6) is 0 Å². The number of nitrogens with zero attached hydrogens (tertiary/aromatic N) is 6. The third-order valence-electron chi connectivity index (χ3n) is 8.28. The molecule has 1 amide bonds. The van der Waals surface area contributed by atoms with Gasteiger partial charge in [0.2, 0.25) is 5.91 Å². The van der Waals surface area contributed by atoms with Crippen molar-refractivity contribution in [3.63, 3.8) is 0 Å². The van der Waals surface area contributed by atoms with Gasteiger partial charge in [-0.15, -0.1) is 0 Å². The van der Waals surface area contributed by atoms with Gasteiger partial charge in [0.05, 0.1) is 22.3 Å². The first-order chi connectivity index (χ1) is 20.6. The van der Waals surface area contributed by atoms with Crippen molar-refractivity contribution in [3.05, 3.63) is 82.6 Å². The summed E-state index contributed by atoms with van der Waals surface area (Å²) >= 11 is 0. The van der Waals surface area contributed by atoms with Crippen LogP contribution in [0.2, 0.25) is 0 Å². The molecule has 5 heterocycles. The van der Waals surface area contributed by atoms with Gasteiger partial charge in [-0.25, -0.2) is 23.1 Å². The molecule has 0 spiro atoms. The van der Waals surface area contributed by atoms with Crippen molar-refractivity contribution in [2.24, 2.45) is 0 Å². The molecule has 9 nitrogen and oxygen atoms in total. The normalized spacial score (nSPS) is 18.2. The third kappa shape index (κ3) is 4.72. The third-order valence-corrected chi connectivity index (χ3v) is 8.28. The minimum atomic E-state index is -0.746. The van der Waals surface area contributed by atoms with Crippen molar-refractivity contribution < 1.29 is 13.6 Å². The Hall–Kier alpha value is -4.67. The van der Waals surface area contributed by atoms with Gasteiger partial charge in [0.15, 0.2) is 11.5 Å². The molecule has 2 bridgehead atoms. The van der Waals surface area contributed by atoms with Crippen molar-refractivity contribution in [3.8, 4) is 16.9 Å². The number of anilines is 2. The van der Waals surface area contributed by atoms with E-state index < -0.39 is 17.3 Å². The van der Waals surface area contributed by atoms with Gasteiger partial charge in [0.1, 0.15) is 17.3 Å². The topological polar surface area (TPSA) is 96.3 Å². The van der Waals surface area contributed by atoms with Crippen LogP contribution >= 0.6 is 0 Å². The number of amides is 1. The Labute approximate surface area is 247 Å². The lowest BCUT2D eigenvalue weighted by Crippen LogP contribution is -2.58. The Bertz CT molecular complexity index is 1840. The lowest BCUT2D eigenvalue weighted by Gasteiger charge is -2.44. The van der Waals surface area contributed by atoms with Crippen LogP contribution in [0.4, 0.5) is 20.3 Å². The van der Waals surface area contributed by atoms with Crippen molar-refractivity contribution >= 4 is 28.4 Å². The van der Waals surface area contributed by atoms with Crippen molar-refractivity contribution in [2.45, 2.75) is 52.1 Å². The number of hydrogen-bond donors (Lipinski definition) is 1. The predicted octanol–water partition coefficient (Wildman–Crippen LogP) is 4.82. The molecule has 3 aromatic heterocycles. The van der Waals surface area contributed by atoms with E-state index in [1.807, 2.05) is 38.7 Å². The van der Waals surface area contributed by atoms with Crippen LogP contribution in [0, 0.1) is 11.6 Å². The van der Waals surface area contributed by atoms with E-state index in [0.717, 1.165) is 5.56 Å². The van der Waals surface area contributed by atoms with Gasteiger partial charge in [0.25, 0.3) is 0 Å². The lowest BCUT2D eigenvalue weighted by molar-refractivity contribution is -0.128. The van der Waals surface area contributed by atoms with Gasteiger partial charge in [-0.1, -0.05) is 26.5 Å². The molecule has 1 aromatic carbocycles. The summed E-state index contributed by atoms with van der Waals surface area (Å²) < 4.78 is 32.9. The highest BCUT2D eigenvalue weighted by Crippen LogP contribution is 2.37. The summed E-state index contributed by atoms with van der Waals surface area (Å²) in [6.45, 7) is 12.5. The molecule has 0 unspecified atom stereocenters. The quantitative estimate of drug-likeness (QED) is 0.345. The van der Waals surface area contributed by atoms with Gasteiger partial charge in [-0.2, -0.15) is 4.98 Å². The number of hydrogen-bond acceptors (Lipinski definition) is 7. The van der Waals surface area contributed by atoms with E-state index in [2.05, 4.69) is 21.9 Å². The molecule has 0 radical (unpaired) electrons. The first-order valence-corrected chi connectivity index (χ1v) is 14.4. The summed E-state index contributed by atoms with van der Waals surface area (Å²) in [5, 5.41) is 3.55. The molecule has 2 aliphatic rings. The zero-order valence-corrected chi connectivity index (χ0v) is 24.6. The molecule has 1 fully saturated rings.